The number of benzene rings is 1. The molecule has 102 valence electrons. The van der Waals surface area contributed by atoms with E-state index >= 15 is 0 Å². The van der Waals surface area contributed by atoms with Crippen LogP contribution in [0.5, 0.6) is 0 Å². The minimum absolute atomic E-state index is 0.188. The fraction of sp³-hybridized carbons (Fsp3) is 0.125. The molecular formula is C16H16N2O2. The molecule has 0 radical (unpaired) electrons. The van der Waals surface area contributed by atoms with Crippen molar-refractivity contribution in [3.8, 4) is 0 Å². The van der Waals surface area contributed by atoms with Gasteiger partial charge in [-0.2, -0.15) is 4.73 Å². The smallest absolute Gasteiger partial charge is 0.191 e. The third-order valence-electron chi connectivity index (χ3n) is 2.90. The lowest BCUT2D eigenvalue weighted by Crippen LogP contribution is -2.25. The summed E-state index contributed by atoms with van der Waals surface area (Å²) in [6.45, 7) is 0. The average molecular weight is 268 g/mol. The molecule has 0 saturated carbocycles. The van der Waals surface area contributed by atoms with E-state index in [1.165, 1.54) is 18.5 Å². The molecule has 0 aliphatic heterocycles. The summed E-state index contributed by atoms with van der Waals surface area (Å²) in [5.41, 5.74) is 2.42. The molecule has 4 nitrogen and oxygen atoms in total. The Labute approximate surface area is 118 Å². The van der Waals surface area contributed by atoms with E-state index in [-0.39, 0.29) is 5.78 Å². The van der Waals surface area contributed by atoms with E-state index in [2.05, 4.69) is 0 Å². The summed E-state index contributed by atoms with van der Waals surface area (Å²) in [6, 6.07) is 11.0. The number of rotatable bonds is 4. The van der Waals surface area contributed by atoms with Crippen molar-refractivity contribution in [1.82, 2.24) is 0 Å². The normalized spacial score (nSPS) is 10.7. The van der Waals surface area contributed by atoms with Gasteiger partial charge in [-0.15, -0.1) is 0 Å². The highest BCUT2D eigenvalue weighted by Gasteiger charge is 2.04. The number of carbonyl (C=O) groups is 1. The summed E-state index contributed by atoms with van der Waals surface area (Å²) < 4.78 is 0.618. The Bertz CT molecular complexity index is 631. The standard InChI is InChI=1S/C16H16N2O2/c1-17(2)15-8-5-13(6-9-15)7-10-16(19)14-4-3-11-18(20)12-14/h3-12H,1-2H3/b10-7-. The quantitative estimate of drug-likeness (QED) is 0.370. The van der Waals surface area contributed by atoms with Crippen LogP contribution in [0.1, 0.15) is 15.9 Å². The van der Waals surface area contributed by atoms with Gasteiger partial charge in [0.05, 0.1) is 5.56 Å². The lowest BCUT2D eigenvalue weighted by Gasteiger charge is -2.11. The van der Waals surface area contributed by atoms with Crippen LogP contribution in [-0.4, -0.2) is 19.9 Å². The van der Waals surface area contributed by atoms with Crippen LogP contribution in [0, 0.1) is 5.21 Å². The van der Waals surface area contributed by atoms with Crippen molar-refractivity contribution < 1.29 is 9.52 Å². The van der Waals surface area contributed by atoms with Crippen molar-refractivity contribution >= 4 is 17.5 Å². The third kappa shape index (κ3) is 3.45. The molecule has 1 heterocycles. The van der Waals surface area contributed by atoms with E-state index in [1.54, 1.807) is 18.2 Å². The van der Waals surface area contributed by atoms with Crippen LogP contribution in [0.15, 0.2) is 54.9 Å². The lowest BCUT2D eigenvalue weighted by molar-refractivity contribution is -0.605. The van der Waals surface area contributed by atoms with Crippen molar-refractivity contribution in [1.29, 1.82) is 0 Å². The Morgan fingerprint density at radius 2 is 1.90 bits per heavy atom. The molecule has 1 aromatic heterocycles. The van der Waals surface area contributed by atoms with Crippen molar-refractivity contribution in [2.75, 3.05) is 19.0 Å². The molecule has 4 heteroatoms. The summed E-state index contributed by atoms with van der Waals surface area (Å²) >= 11 is 0. The SMILES string of the molecule is CN(C)c1ccc(/C=C\C(=O)c2ccc[n+]([O-])c2)cc1. The maximum atomic E-state index is 11.9. The van der Waals surface area contributed by atoms with Gasteiger partial charge >= 0.3 is 0 Å². The monoisotopic (exact) mass is 268 g/mol. The number of aromatic nitrogens is 1. The Hall–Kier alpha value is -2.62. The zero-order valence-electron chi connectivity index (χ0n) is 11.5. The number of hydrogen-bond donors (Lipinski definition) is 0. The van der Waals surface area contributed by atoms with Crippen LogP contribution >= 0.6 is 0 Å². The molecule has 2 rings (SSSR count). The number of pyridine rings is 1. The Morgan fingerprint density at radius 3 is 2.50 bits per heavy atom. The fourth-order valence-electron chi connectivity index (χ4n) is 1.75. The predicted molar refractivity (Wildman–Crippen MR) is 79.5 cm³/mol. The van der Waals surface area contributed by atoms with Gasteiger partial charge < -0.3 is 10.1 Å². The van der Waals surface area contributed by atoms with E-state index in [1.807, 2.05) is 43.3 Å². The minimum Gasteiger partial charge on any atom is -0.619 e. The number of ketones is 1. The lowest BCUT2D eigenvalue weighted by atomic mass is 10.1. The second kappa shape index (κ2) is 6.02. The Morgan fingerprint density at radius 1 is 1.20 bits per heavy atom. The average Bonchev–Trinajstić information content (AvgIpc) is 2.45. The van der Waals surface area contributed by atoms with E-state index in [0.717, 1.165) is 11.3 Å². The van der Waals surface area contributed by atoms with Crippen LogP contribution in [0.3, 0.4) is 0 Å². The molecule has 2 aromatic rings. The maximum absolute atomic E-state index is 11.9. The number of nitrogens with zero attached hydrogens (tertiary/aromatic N) is 2. The van der Waals surface area contributed by atoms with Gasteiger partial charge in [0.25, 0.3) is 0 Å². The van der Waals surface area contributed by atoms with Gasteiger partial charge in [0.15, 0.2) is 18.2 Å². The van der Waals surface area contributed by atoms with Gasteiger partial charge in [-0.1, -0.05) is 18.2 Å². The van der Waals surface area contributed by atoms with Crippen molar-refractivity contribution in [3.63, 3.8) is 0 Å². The summed E-state index contributed by atoms with van der Waals surface area (Å²) in [4.78, 5) is 13.9. The zero-order chi connectivity index (χ0) is 14.5. The second-order valence-electron chi connectivity index (χ2n) is 4.64. The van der Waals surface area contributed by atoms with E-state index < -0.39 is 0 Å². The number of carbonyl (C=O) groups excluding carboxylic acids is 1. The molecule has 0 saturated heterocycles. The third-order valence-corrected chi connectivity index (χ3v) is 2.90. The van der Waals surface area contributed by atoms with Gasteiger partial charge in [-0.05, 0) is 29.8 Å². The van der Waals surface area contributed by atoms with E-state index in [0.29, 0.717) is 10.3 Å². The molecule has 1 aromatic carbocycles. The Balaban J connectivity index is 2.11. The molecule has 0 amide bonds. The van der Waals surface area contributed by atoms with Gasteiger partial charge in [-0.25, -0.2) is 0 Å². The molecule has 0 fully saturated rings. The highest BCUT2D eigenvalue weighted by molar-refractivity contribution is 6.06. The first-order valence-electron chi connectivity index (χ1n) is 6.25. The topological polar surface area (TPSA) is 47.2 Å². The molecular weight excluding hydrogens is 252 g/mol. The van der Waals surface area contributed by atoms with Crippen LogP contribution in [-0.2, 0) is 0 Å². The van der Waals surface area contributed by atoms with Gasteiger partial charge in [-0.3, -0.25) is 4.79 Å². The Kier molecular flexibility index (Phi) is 4.15. The van der Waals surface area contributed by atoms with Gasteiger partial charge in [0.1, 0.15) is 0 Å². The molecule has 20 heavy (non-hydrogen) atoms. The molecule has 0 bridgehead atoms. The molecule has 0 aliphatic rings. The van der Waals surface area contributed by atoms with E-state index in [9.17, 15) is 10.0 Å². The van der Waals surface area contributed by atoms with Crippen LogP contribution in [0.2, 0.25) is 0 Å². The highest BCUT2D eigenvalue weighted by atomic mass is 16.5. The van der Waals surface area contributed by atoms with Crippen molar-refractivity contribution in [2.45, 2.75) is 0 Å². The summed E-state index contributed by atoms with van der Waals surface area (Å²) in [6.07, 6.45) is 5.83. The van der Waals surface area contributed by atoms with Gasteiger partial charge in [0.2, 0.25) is 0 Å². The van der Waals surface area contributed by atoms with Crippen molar-refractivity contribution in [2.24, 2.45) is 0 Å². The molecule has 0 aliphatic carbocycles. The number of allylic oxidation sites excluding steroid dienone is 1. The first-order chi connectivity index (χ1) is 9.56. The summed E-state index contributed by atoms with van der Waals surface area (Å²) in [5, 5.41) is 11.1. The van der Waals surface area contributed by atoms with Crippen LogP contribution in [0.25, 0.3) is 6.08 Å². The summed E-state index contributed by atoms with van der Waals surface area (Å²) in [7, 11) is 3.95. The first-order valence-corrected chi connectivity index (χ1v) is 6.25. The second-order valence-corrected chi connectivity index (χ2v) is 4.64. The van der Waals surface area contributed by atoms with Crippen molar-refractivity contribution in [3.05, 3.63) is 71.2 Å². The number of anilines is 1. The molecule has 0 spiro atoms. The predicted octanol–water partition coefficient (Wildman–Crippen LogP) is 2.28. The van der Waals surface area contributed by atoms with Gasteiger partial charge in [0, 0.05) is 25.8 Å². The zero-order valence-corrected chi connectivity index (χ0v) is 11.5. The molecule has 0 N–H and O–H groups in total. The minimum atomic E-state index is -0.188. The maximum Gasteiger partial charge on any atom is 0.191 e. The summed E-state index contributed by atoms with van der Waals surface area (Å²) in [5.74, 6) is -0.188. The highest BCUT2D eigenvalue weighted by Crippen LogP contribution is 2.13. The fourth-order valence-corrected chi connectivity index (χ4v) is 1.75. The van der Waals surface area contributed by atoms with Crippen LogP contribution in [0.4, 0.5) is 5.69 Å². The van der Waals surface area contributed by atoms with E-state index in [4.69, 9.17) is 0 Å². The molecule has 0 atom stereocenters. The van der Waals surface area contributed by atoms with Crippen LogP contribution < -0.4 is 9.63 Å². The number of hydrogen-bond acceptors (Lipinski definition) is 3. The largest absolute Gasteiger partial charge is 0.619 e. The first kappa shape index (κ1) is 13.8. The molecule has 0 unspecified atom stereocenters.